The van der Waals surface area contributed by atoms with Crippen LogP contribution in [0.25, 0.3) is 0 Å². The van der Waals surface area contributed by atoms with Crippen molar-refractivity contribution in [3.8, 4) is 0 Å². The molecule has 0 radical (unpaired) electrons. The number of ether oxygens (including phenoxy) is 2. The second kappa shape index (κ2) is 7.02. The zero-order valence-electron chi connectivity index (χ0n) is 10.7. The van der Waals surface area contributed by atoms with Gasteiger partial charge in [0.05, 0.1) is 6.10 Å². The van der Waals surface area contributed by atoms with Gasteiger partial charge in [0, 0.05) is 7.11 Å². The number of ketones is 1. The van der Waals surface area contributed by atoms with E-state index in [1.807, 2.05) is 13.8 Å². The summed E-state index contributed by atoms with van der Waals surface area (Å²) in [6, 6.07) is 0. The lowest BCUT2D eigenvalue weighted by Crippen LogP contribution is -2.36. The number of carbonyl (C=O) groups is 1. The molecule has 0 spiro atoms. The molecule has 1 rings (SSSR count). The molecule has 0 aromatic heterocycles. The molecule has 0 aromatic carbocycles. The summed E-state index contributed by atoms with van der Waals surface area (Å²) in [5.74, 6) is 0.505. The Balaban J connectivity index is 2.41. The van der Waals surface area contributed by atoms with Crippen molar-refractivity contribution in [2.45, 2.75) is 58.2 Å². The summed E-state index contributed by atoms with van der Waals surface area (Å²) in [5.41, 5.74) is 0. The van der Waals surface area contributed by atoms with Gasteiger partial charge in [-0.05, 0) is 32.6 Å². The van der Waals surface area contributed by atoms with E-state index in [1.54, 1.807) is 7.11 Å². The van der Waals surface area contributed by atoms with Gasteiger partial charge in [-0.2, -0.15) is 0 Å². The summed E-state index contributed by atoms with van der Waals surface area (Å²) in [7, 11) is 1.63. The van der Waals surface area contributed by atoms with Gasteiger partial charge in [-0.3, -0.25) is 4.79 Å². The van der Waals surface area contributed by atoms with Crippen molar-refractivity contribution in [3.63, 3.8) is 0 Å². The summed E-state index contributed by atoms with van der Waals surface area (Å²) < 4.78 is 10.7. The van der Waals surface area contributed by atoms with E-state index >= 15 is 0 Å². The number of hydrogen-bond acceptors (Lipinski definition) is 3. The van der Waals surface area contributed by atoms with Crippen molar-refractivity contribution in [2.75, 3.05) is 13.7 Å². The monoisotopic (exact) mass is 228 g/mol. The maximum absolute atomic E-state index is 11.9. The predicted octanol–water partition coefficient (Wildman–Crippen LogP) is 2.58. The number of rotatable bonds is 6. The van der Waals surface area contributed by atoms with Crippen molar-refractivity contribution < 1.29 is 14.3 Å². The van der Waals surface area contributed by atoms with Crippen LogP contribution in [0.15, 0.2) is 0 Å². The van der Waals surface area contributed by atoms with Gasteiger partial charge < -0.3 is 9.47 Å². The fourth-order valence-corrected chi connectivity index (χ4v) is 2.35. The first-order valence-corrected chi connectivity index (χ1v) is 6.32. The van der Waals surface area contributed by atoms with E-state index in [-0.39, 0.29) is 24.6 Å². The molecule has 1 aliphatic rings. The van der Waals surface area contributed by atoms with Gasteiger partial charge >= 0.3 is 0 Å². The predicted molar refractivity (Wildman–Crippen MR) is 63.5 cm³/mol. The summed E-state index contributed by atoms with van der Waals surface area (Å²) in [5, 5.41) is 0. The van der Waals surface area contributed by atoms with Gasteiger partial charge in [0.25, 0.3) is 0 Å². The third-order valence-corrected chi connectivity index (χ3v) is 3.21. The Labute approximate surface area is 98.5 Å². The summed E-state index contributed by atoms with van der Waals surface area (Å²) in [6.07, 6.45) is 5.83. The van der Waals surface area contributed by atoms with E-state index in [0.29, 0.717) is 5.92 Å². The summed E-state index contributed by atoms with van der Waals surface area (Å²) >= 11 is 0. The molecular weight excluding hydrogens is 204 g/mol. The maximum Gasteiger partial charge on any atom is 0.187 e. The molecule has 1 aliphatic carbocycles. The minimum absolute atomic E-state index is 0.100. The highest BCUT2D eigenvalue weighted by Crippen LogP contribution is 2.28. The molecule has 0 heterocycles. The zero-order valence-corrected chi connectivity index (χ0v) is 10.7. The molecule has 0 aromatic rings. The van der Waals surface area contributed by atoms with Crippen LogP contribution in [0.5, 0.6) is 0 Å². The largest absolute Gasteiger partial charge is 0.373 e. The number of carbonyl (C=O) groups excluding carboxylic acids is 1. The van der Waals surface area contributed by atoms with Crippen LogP contribution in [-0.2, 0) is 14.3 Å². The lowest BCUT2D eigenvalue weighted by atomic mass is 9.84. The molecular formula is C13H24O3. The van der Waals surface area contributed by atoms with Crippen molar-refractivity contribution in [3.05, 3.63) is 0 Å². The van der Waals surface area contributed by atoms with Crippen LogP contribution in [-0.4, -0.2) is 31.7 Å². The van der Waals surface area contributed by atoms with Crippen LogP contribution in [0, 0.1) is 5.92 Å². The molecule has 1 fully saturated rings. The van der Waals surface area contributed by atoms with E-state index < -0.39 is 0 Å². The molecule has 0 N–H and O–H groups in total. The Kier molecular flexibility index (Phi) is 5.99. The van der Waals surface area contributed by atoms with Gasteiger partial charge in [0.15, 0.2) is 5.78 Å². The maximum atomic E-state index is 11.9. The summed E-state index contributed by atoms with van der Waals surface area (Å²) in [4.78, 5) is 11.9. The third-order valence-electron chi connectivity index (χ3n) is 3.21. The van der Waals surface area contributed by atoms with E-state index in [2.05, 4.69) is 0 Å². The molecule has 3 heteroatoms. The third kappa shape index (κ3) is 4.22. The van der Waals surface area contributed by atoms with Crippen molar-refractivity contribution >= 4 is 5.78 Å². The van der Waals surface area contributed by atoms with Crippen molar-refractivity contribution in [2.24, 2.45) is 5.92 Å². The molecule has 1 saturated carbocycles. The smallest absolute Gasteiger partial charge is 0.187 e. The van der Waals surface area contributed by atoms with Crippen LogP contribution in [0.4, 0.5) is 0 Å². The first-order valence-electron chi connectivity index (χ1n) is 6.32. The molecule has 0 bridgehead atoms. The van der Waals surface area contributed by atoms with E-state index in [0.717, 1.165) is 12.8 Å². The second-order valence-electron chi connectivity index (χ2n) is 4.88. The van der Waals surface area contributed by atoms with Crippen LogP contribution < -0.4 is 0 Å². The van der Waals surface area contributed by atoms with Gasteiger partial charge in [-0.1, -0.05) is 19.3 Å². The Morgan fingerprint density at radius 1 is 1.25 bits per heavy atom. The van der Waals surface area contributed by atoms with Gasteiger partial charge in [0.1, 0.15) is 12.7 Å². The lowest BCUT2D eigenvalue weighted by Gasteiger charge is -2.28. The number of methoxy groups -OCH3 is 1. The minimum atomic E-state index is -0.251. The SMILES string of the molecule is COC(C(=O)COC(C)C)C1CCCCC1. The molecule has 1 unspecified atom stereocenters. The minimum Gasteiger partial charge on any atom is -0.373 e. The van der Waals surface area contributed by atoms with Crippen molar-refractivity contribution in [1.29, 1.82) is 0 Å². The topological polar surface area (TPSA) is 35.5 Å². The standard InChI is InChI=1S/C13H24O3/c1-10(2)16-9-12(14)13(15-3)11-7-5-4-6-8-11/h10-11,13H,4-9H2,1-3H3. The highest BCUT2D eigenvalue weighted by Gasteiger charge is 2.29. The average Bonchev–Trinajstić information content (AvgIpc) is 2.29. The van der Waals surface area contributed by atoms with Crippen LogP contribution >= 0.6 is 0 Å². The van der Waals surface area contributed by atoms with Crippen molar-refractivity contribution in [1.82, 2.24) is 0 Å². The Morgan fingerprint density at radius 3 is 2.38 bits per heavy atom. The Hall–Kier alpha value is -0.410. The van der Waals surface area contributed by atoms with Crippen LogP contribution in [0.1, 0.15) is 46.0 Å². The van der Waals surface area contributed by atoms with E-state index in [1.165, 1.54) is 19.3 Å². The molecule has 0 aliphatic heterocycles. The molecule has 0 saturated heterocycles. The quantitative estimate of drug-likeness (QED) is 0.701. The normalized spacial score (nSPS) is 20.0. The molecule has 94 valence electrons. The number of hydrogen-bond donors (Lipinski definition) is 0. The fraction of sp³-hybridized carbons (Fsp3) is 0.923. The lowest BCUT2D eigenvalue weighted by molar-refractivity contribution is -0.138. The average molecular weight is 228 g/mol. The van der Waals surface area contributed by atoms with E-state index in [9.17, 15) is 4.79 Å². The Morgan fingerprint density at radius 2 is 1.88 bits per heavy atom. The molecule has 3 nitrogen and oxygen atoms in total. The van der Waals surface area contributed by atoms with Gasteiger partial charge in [-0.15, -0.1) is 0 Å². The Bertz CT molecular complexity index is 207. The highest BCUT2D eigenvalue weighted by atomic mass is 16.5. The zero-order chi connectivity index (χ0) is 12.0. The highest BCUT2D eigenvalue weighted by molar-refractivity contribution is 5.84. The fourth-order valence-electron chi connectivity index (χ4n) is 2.35. The molecule has 0 amide bonds. The van der Waals surface area contributed by atoms with Crippen LogP contribution in [0.3, 0.4) is 0 Å². The van der Waals surface area contributed by atoms with Crippen LogP contribution in [0.2, 0.25) is 0 Å². The second-order valence-corrected chi connectivity index (χ2v) is 4.88. The first kappa shape index (κ1) is 13.7. The van der Waals surface area contributed by atoms with Gasteiger partial charge in [0.2, 0.25) is 0 Å². The molecule has 1 atom stereocenters. The molecule has 16 heavy (non-hydrogen) atoms. The number of Topliss-reactive ketones (excluding diaryl/α,β-unsaturated/α-hetero) is 1. The summed E-state index contributed by atoms with van der Waals surface area (Å²) in [6.45, 7) is 4.07. The van der Waals surface area contributed by atoms with Gasteiger partial charge in [-0.25, -0.2) is 0 Å². The van der Waals surface area contributed by atoms with E-state index in [4.69, 9.17) is 9.47 Å². The first-order chi connectivity index (χ1) is 7.65.